The Hall–Kier alpha value is -2.34. The summed E-state index contributed by atoms with van der Waals surface area (Å²) in [7, 11) is -3.30. The predicted octanol–water partition coefficient (Wildman–Crippen LogP) is 2.68. The van der Waals surface area contributed by atoms with Crippen molar-refractivity contribution >= 4 is 21.4 Å². The molecule has 3 aromatic rings. The zero-order valence-electron chi connectivity index (χ0n) is 11.7. The van der Waals surface area contributed by atoms with Crippen LogP contribution in [0.4, 0.5) is 5.69 Å². The van der Waals surface area contributed by atoms with Gasteiger partial charge in [0.15, 0.2) is 0 Å². The van der Waals surface area contributed by atoms with Crippen molar-refractivity contribution in [2.24, 2.45) is 0 Å². The van der Waals surface area contributed by atoms with Crippen molar-refractivity contribution in [1.29, 1.82) is 0 Å². The molecule has 0 radical (unpaired) electrons. The largest absolute Gasteiger partial charge is 0.306 e. The third-order valence-electron chi connectivity index (χ3n) is 3.19. The molecule has 21 heavy (non-hydrogen) atoms. The summed E-state index contributed by atoms with van der Waals surface area (Å²) < 4.78 is 27.3. The number of nitrogens with one attached hydrogen (secondary N) is 1. The van der Waals surface area contributed by atoms with Crippen LogP contribution in [0.3, 0.4) is 0 Å². The van der Waals surface area contributed by atoms with Gasteiger partial charge in [0, 0.05) is 18.0 Å². The van der Waals surface area contributed by atoms with Gasteiger partial charge in [-0.15, -0.1) is 0 Å². The quantitative estimate of drug-likeness (QED) is 0.809. The number of pyridine rings is 1. The lowest BCUT2D eigenvalue weighted by Gasteiger charge is -2.09. The van der Waals surface area contributed by atoms with E-state index in [-0.39, 0.29) is 0 Å². The highest BCUT2D eigenvalue weighted by atomic mass is 32.2. The third-order valence-corrected chi connectivity index (χ3v) is 3.78. The first kappa shape index (κ1) is 13.6. The van der Waals surface area contributed by atoms with E-state index in [9.17, 15) is 8.42 Å². The Balaban J connectivity index is 2.08. The second-order valence-corrected chi connectivity index (χ2v) is 6.74. The van der Waals surface area contributed by atoms with E-state index in [0.717, 1.165) is 28.7 Å². The highest BCUT2D eigenvalue weighted by Gasteiger charge is 2.09. The Bertz CT molecular complexity index is 881. The topological polar surface area (TPSA) is 63.5 Å². The number of aryl methyl sites for hydroxylation is 1. The molecule has 0 saturated heterocycles. The van der Waals surface area contributed by atoms with Gasteiger partial charge in [0.2, 0.25) is 10.0 Å². The molecule has 3 rings (SSSR count). The average Bonchev–Trinajstić information content (AvgIpc) is 2.83. The van der Waals surface area contributed by atoms with E-state index in [1.807, 2.05) is 54.0 Å². The SMILES string of the molecule is Cc1ccc(-c2cn3ccccc3n2)cc1NS(C)(=O)=O. The van der Waals surface area contributed by atoms with Crippen LogP contribution in [-0.2, 0) is 10.0 Å². The molecule has 108 valence electrons. The Morgan fingerprint density at radius 1 is 1.19 bits per heavy atom. The highest BCUT2D eigenvalue weighted by Crippen LogP contribution is 2.25. The van der Waals surface area contributed by atoms with Crippen LogP contribution in [0.25, 0.3) is 16.9 Å². The van der Waals surface area contributed by atoms with Gasteiger partial charge < -0.3 is 4.40 Å². The van der Waals surface area contributed by atoms with Crippen LogP contribution in [0.2, 0.25) is 0 Å². The summed E-state index contributed by atoms with van der Waals surface area (Å²) in [5, 5.41) is 0. The summed E-state index contributed by atoms with van der Waals surface area (Å²) in [6.07, 6.45) is 4.99. The summed E-state index contributed by atoms with van der Waals surface area (Å²) >= 11 is 0. The van der Waals surface area contributed by atoms with Crippen LogP contribution in [0.1, 0.15) is 5.56 Å². The molecule has 2 heterocycles. The number of anilines is 1. The summed E-state index contributed by atoms with van der Waals surface area (Å²) in [5.74, 6) is 0. The minimum atomic E-state index is -3.30. The molecule has 1 aromatic carbocycles. The second kappa shape index (κ2) is 4.89. The number of hydrogen-bond donors (Lipinski definition) is 1. The van der Waals surface area contributed by atoms with Gasteiger partial charge in [-0.25, -0.2) is 13.4 Å². The number of nitrogens with zero attached hydrogens (tertiary/aromatic N) is 2. The molecular weight excluding hydrogens is 286 g/mol. The van der Waals surface area contributed by atoms with Crippen molar-refractivity contribution < 1.29 is 8.42 Å². The monoisotopic (exact) mass is 301 g/mol. The fourth-order valence-electron chi connectivity index (χ4n) is 2.16. The van der Waals surface area contributed by atoms with Gasteiger partial charge in [-0.1, -0.05) is 18.2 Å². The third kappa shape index (κ3) is 2.90. The maximum atomic E-state index is 11.4. The molecule has 0 aliphatic carbocycles. The summed E-state index contributed by atoms with van der Waals surface area (Å²) in [5.41, 5.74) is 3.97. The zero-order chi connectivity index (χ0) is 15.0. The van der Waals surface area contributed by atoms with Crippen LogP contribution in [0.15, 0.2) is 48.8 Å². The number of hydrogen-bond acceptors (Lipinski definition) is 3. The maximum Gasteiger partial charge on any atom is 0.229 e. The standard InChI is InChI=1S/C15H15N3O2S/c1-11-6-7-12(9-13(11)17-21(2,19)20)14-10-18-8-4-3-5-15(18)16-14/h3-10,17H,1-2H3. The van der Waals surface area contributed by atoms with Crippen LogP contribution in [0, 0.1) is 6.92 Å². The smallest absolute Gasteiger partial charge is 0.229 e. The number of rotatable bonds is 3. The van der Waals surface area contributed by atoms with Crippen molar-refractivity contribution in [1.82, 2.24) is 9.38 Å². The fraction of sp³-hybridized carbons (Fsp3) is 0.133. The highest BCUT2D eigenvalue weighted by molar-refractivity contribution is 7.92. The lowest BCUT2D eigenvalue weighted by molar-refractivity contribution is 0.607. The predicted molar refractivity (Wildman–Crippen MR) is 83.8 cm³/mol. The van der Waals surface area contributed by atoms with E-state index in [1.54, 1.807) is 6.07 Å². The van der Waals surface area contributed by atoms with Gasteiger partial charge in [-0.3, -0.25) is 4.72 Å². The number of fused-ring (bicyclic) bond motifs is 1. The molecule has 0 aliphatic heterocycles. The molecule has 0 atom stereocenters. The van der Waals surface area contributed by atoms with Crippen LogP contribution >= 0.6 is 0 Å². The van der Waals surface area contributed by atoms with E-state index >= 15 is 0 Å². The van der Waals surface area contributed by atoms with Crippen LogP contribution in [0.5, 0.6) is 0 Å². The van der Waals surface area contributed by atoms with Gasteiger partial charge in [0.1, 0.15) is 5.65 Å². The average molecular weight is 301 g/mol. The van der Waals surface area contributed by atoms with Gasteiger partial charge in [-0.2, -0.15) is 0 Å². The van der Waals surface area contributed by atoms with Gasteiger partial charge in [-0.05, 0) is 30.7 Å². The van der Waals surface area contributed by atoms with Crippen LogP contribution < -0.4 is 4.72 Å². The molecule has 0 amide bonds. The van der Waals surface area contributed by atoms with Gasteiger partial charge >= 0.3 is 0 Å². The van der Waals surface area contributed by atoms with Crippen LogP contribution in [-0.4, -0.2) is 24.1 Å². The summed E-state index contributed by atoms with van der Waals surface area (Å²) in [6, 6.07) is 11.4. The minimum Gasteiger partial charge on any atom is -0.306 e. The Morgan fingerprint density at radius 2 is 2.00 bits per heavy atom. The number of benzene rings is 1. The van der Waals surface area contributed by atoms with Gasteiger partial charge in [0.05, 0.1) is 17.6 Å². The Kier molecular flexibility index (Phi) is 3.17. The maximum absolute atomic E-state index is 11.4. The first-order chi connectivity index (χ1) is 9.92. The second-order valence-electron chi connectivity index (χ2n) is 5.00. The molecule has 0 spiro atoms. The van der Waals surface area contributed by atoms with E-state index in [1.165, 1.54) is 0 Å². The number of imidazole rings is 1. The van der Waals surface area contributed by atoms with E-state index in [4.69, 9.17) is 0 Å². The first-order valence-corrected chi connectivity index (χ1v) is 8.34. The number of sulfonamides is 1. The zero-order valence-corrected chi connectivity index (χ0v) is 12.6. The molecule has 1 N–H and O–H groups in total. The summed E-state index contributed by atoms with van der Waals surface area (Å²) in [6.45, 7) is 1.86. The Labute approximate surface area is 123 Å². The normalized spacial score (nSPS) is 11.7. The molecule has 6 heteroatoms. The van der Waals surface area contributed by atoms with Crippen molar-refractivity contribution in [2.45, 2.75) is 6.92 Å². The summed E-state index contributed by atoms with van der Waals surface area (Å²) in [4.78, 5) is 4.54. The molecule has 0 bridgehead atoms. The van der Waals surface area contributed by atoms with E-state index < -0.39 is 10.0 Å². The molecular formula is C15H15N3O2S. The van der Waals surface area contributed by atoms with Crippen molar-refractivity contribution in [3.63, 3.8) is 0 Å². The van der Waals surface area contributed by atoms with E-state index in [0.29, 0.717) is 5.69 Å². The molecule has 0 unspecified atom stereocenters. The molecule has 0 aliphatic rings. The molecule has 0 fully saturated rings. The first-order valence-electron chi connectivity index (χ1n) is 6.45. The van der Waals surface area contributed by atoms with Crippen molar-refractivity contribution in [2.75, 3.05) is 11.0 Å². The van der Waals surface area contributed by atoms with Gasteiger partial charge in [0.25, 0.3) is 0 Å². The minimum absolute atomic E-state index is 0.576. The van der Waals surface area contributed by atoms with Crippen molar-refractivity contribution in [3.8, 4) is 11.3 Å². The molecule has 5 nitrogen and oxygen atoms in total. The fourth-order valence-corrected chi connectivity index (χ4v) is 2.78. The van der Waals surface area contributed by atoms with E-state index in [2.05, 4.69) is 9.71 Å². The number of aromatic nitrogens is 2. The lowest BCUT2D eigenvalue weighted by atomic mass is 10.1. The van der Waals surface area contributed by atoms with Crippen molar-refractivity contribution in [3.05, 3.63) is 54.4 Å². The molecule has 2 aromatic heterocycles. The lowest BCUT2D eigenvalue weighted by Crippen LogP contribution is -2.10. The Morgan fingerprint density at radius 3 is 2.71 bits per heavy atom. The molecule has 0 saturated carbocycles.